The van der Waals surface area contributed by atoms with E-state index in [1.165, 1.54) is 9.80 Å². The minimum atomic E-state index is -0.269. The van der Waals surface area contributed by atoms with Crippen LogP contribution >= 0.6 is 56.9 Å². The molecule has 0 aliphatic carbocycles. The number of carbonyl (C=O) groups is 4. The molecule has 0 atom stereocenters. The van der Waals surface area contributed by atoms with Crippen LogP contribution in [0.2, 0.25) is 0 Å². The Bertz CT molecular complexity index is 1110. The van der Waals surface area contributed by atoms with E-state index in [1.54, 1.807) is 48.5 Å². The number of fused-ring (bicyclic) bond motifs is 2. The van der Waals surface area contributed by atoms with Crippen molar-refractivity contribution >= 4 is 90.8 Å². The normalized spacial score (nSPS) is 13.0. The van der Waals surface area contributed by atoms with Crippen LogP contribution in [-0.4, -0.2) is 67.9 Å². The standard InChI is InChI=1S/C11H11N3O2S.C10H8BrNO2.CH4N2S.BrH/c12-11(13)17-6-5-14-9(15)7-3-1-2-4-8(7)10(14)16;11-5-6-12-9(13)7-3-1-2-4-8(7)10(12)14;2-1(3)4;/h1-4H,5-6H2,(H3,12,13);1-4H,5-6H2;(H4,2,3,4);1H. The molecular weight excluding hydrogens is 636 g/mol. The monoisotopic (exact) mass is 658 g/mol. The molecular formula is C22H24Br2N6O4S2. The molecule has 10 nitrogen and oxygen atoms in total. The molecule has 0 spiro atoms. The Labute approximate surface area is 236 Å². The van der Waals surface area contributed by atoms with Gasteiger partial charge in [0.25, 0.3) is 23.6 Å². The van der Waals surface area contributed by atoms with E-state index in [0.29, 0.717) is 39.9 Å². The summed E-state index contributed by atoms with van der Waals surface area (Å²) in [7, 11) is 0. The van der Waals surface area contributed by atoms with Crippen molar-refractivity contribution in [2.24, 2.45) is 17.2 Å². The molecule has 2 heterocycles. The van der Waals surface area contributed by atoms with Crippen LogP contribution in [-0.2, 0) is 0 Å². The van der Waals surface area contributed by atoms with Gasteiger partial charge in [-0.2, -0.15) is 0 Å². The molecule has 4 amide bonds. The molecule has 14 heteroatoms. The van der Waals surface area contributed by atoms with Gasteiger partial charge in [-0.15, -0.1) is 17.0 Å². The first kappa shape index (κ1) is 31.2. The van der Waals surface area contributed by atoms with Gasteiger partial charge in [-0.05, 0) is 36.5 Å². The zero-order chi connectivity index (χ0) is 26.1. The summed E-state index contributed by atoms with van der Waals surface area (Å²) in [5.41, 5.74) is 16.4. The molecule has 2 aromatic rings. The highest BCUT2D eigenvalue weighted by Crippen LogP contribution is 2.23. The number of nitrogens with zero attached hydrogens (tertiary/aromatic N) is 2. The topological polar surface area (TPSA) is 177 Å². The van der Waals surface area contributed by atoms with E-state index >= 15 is 0 Å². The van der Waals surface area contributed by atoms with Gasteiger partial charge in [0.15, 0.2) is 10.3 Å². The van der Waals surface area contributed by atoms with Gasteiger partial charge in [-0.1, -0.05) is 52.0 Å². The van der Waals surface area contributed by atoms with Crippen molar-refractivity contribution in [3.63, 3.8) is 0 Å². The maximum Gasteiger partial charge on any atom is 0.261 e. The van der Waals surface area contributed by atoms with Crippen molar-refractivity contribution in [3.8, 4) is 0 Å². The van der Waals surface area contributed by atoms with E-state index in [2.05, 4.69) is 39.6 Å². The van der Waals surface area contributed by atoms with Crippen molar-refractivity contribution in [2.75, 3.05) is 24.2 Å². The van der Waals surface area contributed by atoms with E-state index < -0.39 is 0 Å². The number of hydrogen-bond donors (Lipinski definition) is 4. The molecule has 4 rings (SSSR count). The number of amides is 4. The van der Waals surface area contributed by atoms with Crippen LogP contribution in [0.1, 0.15) is 41.4 Å². The second kappa shape index (κ2) is 14.7. The highest BCUT2D eigenvalue weighted by Gasteiger charge is 2.35. The third-order valence-corrected chi connectivity index (χ3v) is 5.69. The Balaban J connectivity index is 0.000000310. The third kappa shape index (κ3) is 7.85. The lowest BCUT2D eigenvalue weighted by molar-refractivity contribution is 0.0649. The van der Waals surface area contributed by atoms with Gasteiger partial charge in [0.05, 0.1) is 22.3 Å². The first-order valence-electron chi connectivity index (χ1n) is 10.1. The molecule has 0 radical (unpaired) electrons. The van der Waals surface area contributed by atoms with Gasteiger partial charge in [0.1, 0.15) is 0 Å². The SMILES string of the molecule is Br.N=C(N)SCCN1C(=O)c2ccccc2C1=O.NC(N)=S.O=C1c2ccccc2C(=O)N1CCBr. The van der Waals surface area contributed by atoms with Crippen LogP contribution in [0.4, 0.5) is 0 Å². The van der Waals surface area contributed by atoms with Gasteiger partial charge in [0.2, 0.25) is 0 Å². The molecule has 0 unspecified atom stereocenters. The summed E-state index contributed by atoms with van der Waals surface area (Å²) in [4.78, 5) is 49.6. The number of benzene rings is 2. The number of amidine groups is 1. The summed E-state index contributed by atoms with van der Waals surface area (Å²) < 4.78 is 0. The summed E-state index contributed by atoms with van der Waals surface area (Å²) in [5.74, 6) is -0.472. The molecule has 0 saturated carbocycles. The second-order valence-electron chi connectivity index (χ2n) is 6.92. The molecule has 192 valence electrons. The number of imide groups is 2. The average molecular weight is 660 g/mol. The summed E-state index contributed by atoms with van der Waals surface area (Å²) in [6.07, 6.45) is 0. The average Bonchev–Trinajstić information content (AvgIpc) is 3.20. The molecule has 0 bridgehead atoms. The van der Waals surface area contributed by atoms with Crippen LogP contribution in [0.15, 0.2) is 48.5 Å². The number of thiocarbonyl (C=S) groups is 1. The maximum atomic E-state index is 11.9. The molecule has 0 aromatic heterocycles. The van der Waals surface area contributed by atoms with E-state index in [4.69, 9.17) is 11.1 Å². The first-order chi connectivity index (χ1) is 16.6. The fourth-order valence-corrected chi connectivity index (χ4v) is 4.06. The Kier molecular flexibility index (Phi) is 12.7. The largest absolute Gasteiger partial charge is 0.379 e. The molecule has 2 aliphatic rings. The van der Waals surface area contributed by atoms with E-state index in [1.807, 2.05) is 0 Å². The van der Waals surface area contributed by atoms with Crippen molar-refractivity contribution in [3.05, 3.63) is 70.8 Å². The first-order valence-corrected chi connectivity index (χ1v) is 12.6. The fraction of sp³-hybridized carbons (Fsp3) is 0.182. The Morgan fingerprint density at radius 3 is 1.36 bits per heavy atom. The predicted octanol–water partition coefficient (Wildman–Crippen LogP) is 2.35. The lowest BCUT2D eigenvalue weighted by Gasteiger charge is -2.12. The van der Waals surface area contributed by atoms with E-state index in [0.717, 1.165) is 11.8 Å². The number of nitrogens with one attached hydrogen (secondary N) is 1. The van der Waals surface area contributed by atoms with Crippen molar-refractivity contribution in [1.29, 1.82) is 5.41 Å². The molecule has 2 aliphatic heterocycles. The number of hydrogen-bond acceptors (Lipinski definition) is 7. The summed E-state index contributed by atoms with van der Waals surface area (Å²) >= 11 is 8.42. The fourth-order valence-electron chi connectivity index (χ4n) is 3.22. The molecule has 0 fully saturated rings. The van der Waals surface area contributed by atoms with Crippen molar-refractivity contribution in [2.45, 2.75) is 0 Å². The van der Waals surface area contributed by atoms with Crippen LogP contribution in [0, 0.1) is 5.41 Å². The quantitative estimate of drug-likeness (QED) is 0.123. The summed E-state index contributed by atoms with van der Waals surface area (Å²) in [5, 5.41) is 7.65. The van der Waals surface area contributed by atoms with Crippen LogP contribution in [0.5, 0.6) is 0 Å². The van der Waals surface area contributed by atoms with E-state index in [9.17, 15) is 19.2 Å². The molecule has 36 heavy (non-hydrogen) atoms. The highest BCUT2D eigenvalue weighted by molar-refractivity contribution is 9.09. The number of halogens is 2. The highest BCUT2D eigenvalue weighted by atomic mass is 79.9. The minimum absolute atomic E-state index is 0. The third-order valence-electron chi connectivity index (χ3n) is 4.64. The Morgan fingerprint density at radius 1 is 0.778 bits per heavy atom. The number of alkyl halides is 1. The van der Waals surface area contributed by atoms with Crippen molar-refractivity contribution in [1.82, 2.24) is 9.80 Å². The zero-order valence-electron chi connectivity index (χ0n) is 18.8. The summed E-state index contributed by atoms with van der Waals surface area (Å²) in [6.45, 7) is 0.697. The number of thioether (sulfide) groups is 1. The van der Waals surface area contributed by atoms with Crippen LogP contribution in [0.3, 0.4) is 0 Å². The summed E-state index contributed by atoms with van der Waals surface area (Å²) in [6, 6.07) is 13.7. The number of carbonyl (C=O) groups excluding carboxylic acids is 4. The number of nitrogens with two attached hydrogens (primary N) is 3. The maximum absolute atomic E-state index is 11.9. The number of rotatable bonds is 5. The Morgan fingerprint density at radius 2 is 1.08 bits per heavy atom. The Hall–Kier alpha value is -2.81. The molecule has 0 saturated heterocycles. The van der Waals surface area contributed by atoms with Gasteiger partial charge >= 0.3 is 0 Å². The van der Waals surface area contributed by atoms with Gasteiger partial charge in [0, 0.05) is 24.2 Å². The lowest BCUT2D eigenvalue weighted by atomic mass is 10.1. The molecule has 2 aromatic carbocycles. The van der Waals surface area contributed by atoms with Gasteiger partial charge in [-0.3, -0.25) is 34.4 Å². The lowest BCUT2D eigenvalue weighted by Crippen LogP contribution is -2.32. The van der Waals surface area contributed by atoms with Crippen LogP contribution in [0.25, 0.3) is 0 Å². The molecule has 7 N–H and O–H groups in total. The van der Waals surface area contributed by atoms with Crippen LogP contribution < -0.4 is 17.2 Å². The smallest absolute Gasteiger partial charge is 0.261 e. The van der Waals surface area contributed by atoms with Crippen molar-refractivity contribution < 1.29 is 19.2 Å². The second-order valence-corrected chi connectivity index (χ2v) is 9.32. The van der Waals surface area contributed by atoms with Gasteiger partial charge < -0.3 is 17.2 Å². The van der Waals surface area contributed by atoms with E-state index in [-0.39, 0.29) is 57.4 Å². The van der Waals surface area contributed by atoms with Gasteiger partial charge in [-0.25, -0.2) is 0 Å². The minimum Gasteiger partial charge on any atom is -0.379 e. The zero-order valence-corrected chi connectivity index (χ0v) is 23.7. The predicted molar refractivity (Wildman–Crippen MR) is 153 cm³/mol.